The van der Waals surface area contributed by atoms with E-state index in [0.717, 1.165) is 12.2 Å². The maximum absolute atomic E-state index is 12.5. The lowest BCUT2D eigenvalue weighted by Gasteiger charge is -2.45. The number of ether oxygens (including phenoxy) is 1. The topological polar surface area (TPSA) is 145 Å². The number of hydrogen-bond donors (Lipinski definition) is 2. The lowest BCUT2D eigenvalue weighted by atomic mass is 10.3. The number of hydrogen-bond acceptors (Lipinski definition) is 8. The highest BCUT2D eigenvalue weighted by molar-refractivity contribution is 6.13. The van der Waals surface area contributed by atoms with Crippen molar-refractivity contribution >= 4 is 29.5 Å². The summed E-state index contributed by atoms with van der Waals surface area (Å²) in [6.45, 7) is -0.0973. The maximum atomic E-state index is 12.5. The van der Waals surface area contributed by atoms with E-state index >= 15 is 0 Å². The summed E-state index contributed by atoms with van der Waals surface area (Å²) < 4.78 is 5.05. The molecule has 142 valence electrons. The molecule has 1 saturated heterocycles. The average Bonchev–Trinajstić information content (AvgIpc) is 3.11. The van der Waals surface area contributed by atoms with Crippen LogP contribution in [0.25, 0.3) is 0 Å². The Kier molecular flexibility index (Phi) is 5.85. The second kappa shape index (κ2) is 7.72. The van der Waals surface area contributed by atoms with Gasteiger partial charge in [0.15, 0.2) is 0 Å². The molecule has 2 rings (SSSR count). The molecule has 5 amide bonds. The summed E-state index contributed by atoms with van der Waals surface area (Å²) in [5, 5.41) is 20.7. The zero-order valence-corrected chi connectivity index (χ0v) is 14.1. The first kappa shape index (κ1) is 19.7. The van der Waals surface area contributed by atoms with Gasteiger partial charge in [0.2, 0.25) is 17.7 Å². The summed E-state index contributed by atoms with van der Waals surface area (Å²) in [6, 6.07) is 0. The molecule has 0 aliphatic carbocycles. The Morgan fingerprint density at radius 3 is 2.19 bits per heavy atom. The zero-order valence-electron chi connectivity index (χ0n) is 14.1. The molecule has 0 aromatic rings. The Bertz CT molecular complexity index is 642. The minimum Gasteiger partial charge on any atom is -0.394 e. The second-order valence-electron chi connectivity index (χ2n) is 5.55. The van der Waals surface area contributed by atoms with Crippen LogP contribution in [0.1, 0.15) is 26.2 Å². The molecule has 1 fully saturated rings. The van der Waals surface area contributed by atoms with Crippen LogP contribution < -0.4 is 0 Å². The molecule has 2 heterocycles. The Hall–Kier alpha value is -2.63. The Labute approximate surface area is 148 Å². The molecule has 2 N–H and O–H groups in total. The molecule has 0 bridgehead atoms. The van der Waals surface area contributed by atoms with Gasteiger partial charge in [-0.25, -0.2) is 4.90 Å². The highest BCUT2D eigenvalue weighted by Gasteiger charge is 2.55. The van der Waals surface area contributed by atoms with Crippen LogP contribution in [0.3, 0.4) is 0 Å². The summed E-state index contributed by atoms with van der Waals surface area (Å²) in [6.07, 6.45) is 1.14. The predicted octanol–water partition coefficient (Wildman–Crippen LogP) is -2.13. The molecule has 2 aliphatic rings. The monoisotopic (exact) mass is 369 g/mol. The molecular weight excluding hydrogens is 350 g/mol. The van der Waals surface area contributed by atoms with E-state index in [1.165, 1.54) is 6.92 Å². The van der Waals surface area contributed by atoms with Crippen molar-refractivity contribution < 1.29 is 38.9 Å². The van der Waals surface area contributed by atoms with E-state index in [1.807, 2.05) is 0 Å². The molecule has 2 aliphatic heterocycles. The van der Waals surface area contributed by atoms with Crippen LogP contribution >= 0.6 is 0 Å². The fourth-order valence-corrected chi connectivity index (χ4v) is 2.68. The van der Waals surface area contributed by atoms with Gasteiger partial charge < -0.3 is 14.9 Å². The number of likely N-dealkylation sites (tertiary alicyclic amines) is 1. The molecule has 0 spiro atoms. The van der Waals surface area contributed by atoms with Crippen LogP contribution in [0.2, 0.25) is 0 Å². The molecular formula is C15H19N3O8. The lowest BCUT2D eigenvalue weighted by molar-refractivity contribution is -0.269. The van der Waals surface area contributed by atoms with Gasteiger partial charge in [-0.2, -0.15) is 10.0 Å². The fourth-order valence-electron chi connectivity index (χ4n) is 2.68. The third-order valence-electron chi connectivity index (χ3n) is 3.80. The van der Waals surface area contributed by atoms with E-state index < -0.39 is 48.6 Å². The summed E-state index contributed by atoms with van der Waals surface area (Å²) in [5.74, 6) is -7.03. The lowest BCUT2D eigenvalue weighted by Crippen LogP contribution is -2.71. The highest BCUT2D eigenvalue weighted by Crippen LogP contribution is 2.29. The molecule has 0 saturated carbocycles. The van der Waals surface area contributed by atoms with E-state index in [0.29, 0.717) is 14.9 Å². The van der Waals surface area contributed by atoms with Crippen LogP contribution in [-0.4, -0.2) is 80.3 Å². The summed E-state index contributed by atoms with van der Waals surface area (Å²) in [5.41, 5.74) is 0. The Morgan fingerprint density at radius 2 is 1.73 bits per heavy atom. The first-order valence-electron chi connectivity index (χ1n) is 7.94. The van der Waals surface area contributed by atoms with Crippen LogP contribution in [0.5, 0.6) is 0 Å². The van der Waals surface area contributed by atoms with Crippen molar-refractivity contribution in [2.45, 2.75) is 32.0 Å². The SMILES string of the molecule is CCC(=O)N(N1C(=O)C=CC1=O)C(O)(COCCO)N1C(=O)CCC1=O. The van der Waals surface area contributed by atoms with Crippen molar-refractivity contribution in [1.29, 1.82) is 0 Å². The van der Waals surface area contributed by atoms with Gasteiger partial charge in [-0.15, -0.1) is 0 Å². The first-order chi connectivity index (χ1) is 12.3. The van der Waals surface area contributed by atoms with Gasteiger partial charge >= 0.3 is 0 Å². The number of imide groups is 2. The number of carbonyl (C=O) groups excluding carboxylic acids is 5. The van der Waals surface area contributed by atoms with Crippen LogP contribution in [-0.2, 0) is 28.7 Å². The van der Waals surface area contributed by atoms with Crippen molar-refractivity contribution in [2.75, 3.05) is 19.8 Å². The number of rotatable bonds is 8. The van der Waals surface area contributed by atoms with Gasteiger partial charge in [0, 0.05) is 31.4 Å². The smallest absolute Gasteiger partial charge is 0.273 e. The largest absolute Gasteiger partial charge is 0.394 e. The zero-order chi connectivity index (χ0) is 19.5. The van der Waals surface area contributed by atoms with Gasteiger partial charge in [-0.1, -0.05) is 6.92 Å². The normalized spacial score (nSPS) is 19.5. The van der Waals surface area contributed by atoms with E-state index in [1.54, 1.807) is 0 Å². The predicted molar refractivity (Wildman–Crippen MR) is 82.1 cm³/mol. The number of nitrogens with zero attached hydrogens (tertiary/aromatic N) is 3. The van der Waals surface area contributed by atoms with Gasteiger partial charge in [0.25, 0.3) is 17.7 Å². The van der Waals surface area contributed by atoms with Crippen LogP contribution in [0, 0.1) is 0 Å². The van der Waals surface area contributed by atoms with Crippen LogP contribution in [0.15, 0.2) is 12.2 Å². The van der Waals surface area contributed by atoms with E-state index in [-0.39, 0.29) is 25.9 Å². The van der Waals surface area contributed by atoms with Crippen molar-refractivity contribution in [2.24, 2.45) is 0 Å². The van der Waals surface area contributed by atoms with Gasteiger partial charge in [0.05, 0.1) is 13.2 Å². The molecule has 1 atom stereocenters. The van der Waals surface area contributed by atoms with Crippen molar-refractivity contribution in [3.63, 3.8) is 0 Å². The third kappa shape index (κ3) is 3.36. The molecule has 11 nitrogen and oxygen atoms in total. The van der Waals surface area contributed by atoms with Gasteiger partial charge in [0.1, 0.15) is 6.61 Å². The van der Waals surface area contributed by atoms with E-state index in [4.69, 9.17) is 9.84 Å². The fraction of sp³-hybridized carbons (Fsp3) is 0.533. The summed E-state index contributed by atoms with van der Waals surface area (Å²) in [4.78, 5) is 61.3. The highest BCUT2D eigenvalue weighted by atomic mass is 16.5. The molecule has 0 aromatic carbocycles. The maximum Gasteiger partial charge on any atom is 0.273 e. The van der Waals surface area contributed by atoms with Crippen molar-refractivity contribution in [3.8, 4) is 0 Å². The van der Waals surface area contributed by atoms with Crippen molar-refractivity contribution in [3.05, 3.63) is 12.2 Å². The minimum absolute atomic E-state index is 0.199. The quantitative estimate of drug-likeness (QED) is 0.280. The number of aliphatic hydroxyl groups excluding tert-OH is 1. The third-order valence-corrected chi connectivity index (χ3v) is 3.80. The van der Waals surface area contributed by atoms with E-state index in [9.17, 15) is 29.1 Å². The van der Waals surface area contributed by atoms with Gasteiger partial charge in [-0.05, 0) is 0 Å². The Morgan fingerprint density at radius 1 is 1.19 bits per heavy atom. The van der Waals surface area contributed by atoms with E-state index in [2.05, 4.69) is 0 Å². The molecule has 11 heteroatoms. The number of carbonyl (C=O) groups is 5. The second-order valence-corrected chi connectivity index (χ2v) is 5.55. The minimum atomic E-state index is -2.73. The summed E-state index contributed by atoms with van der Waals surface area (Å²) in [7, 11) is 0. The standard InChI is InChI=1S/C15H19N3O8/c1-2-10(20)18(17-13(23)5-6-14(17)24)15(25,9-26-8-7-19)16-11(21)3-4-12(16)22/h5-6,19,25H,2-4,7-9H2,1H3. The average molecular weight is 369 g/mol. The molecule has 26 heavy (non-hydrogen) atoms. The Balaban J connectivity index is 2.52. The van der Waals surface area contributed by atoms with Gasteiger partial charge in [-0.3, -0.25) is 24.0 Å². The molecule has 0 radical (unpaired) electrons. The van der Waals surface area contributed by atoms with Crippen molar-refractivity contribution in [1.82, 2.24) is 14.9 Å². The number of aliphatic hydroxyl groups is 2. The molecule has 1 unspecified atom stereocenters. The number of hydrazine groups is 1. The number of amides is 5. The molecule has 0 aromatic heterocycles. The first-order valence-corrected chi connectivity index (χ1v) is 7.94. The van der Waals surface area contributed by atoms with Crippen LogP contribution in [0.4, 0.5) is 0 Å². The summed E-state index contributed by atoms with van der Waals surface area (Å²) >= 11 is 0.